The lowest BCUT2D eigenvalue weighted by molar-refractivity contribution is 0.0381. The van der Waals surface area contributed by atoms with Crippen molar-refractivity contribution in [2.75, 3.05) is 38.6 Å². The van der Waals surface area contributed by atoms with Crippen LogP contribution in [0.3, 0.4) is 0 Å². The molecule has 0 atom stereocenters. The van der Waals surface area contributed by atoms with Crippen LogP contribution in [0.15, 0.2) is 40.7 Å². The summed E-state index contributed by atoms with van der Waals surface area (Å²) in [6.07, 6.45) is 3.09. The van der Waals surface area contributed by atoms with E-state index in [1.54, 1.807) is 11.3 Å². The smallest absolute Gasteiger partial charge is 0.123 e. The van der Waals surface area contributed by atoms with Crippen molar-refractivity contribution in [3.05, 3.63) is 35.8 Å². The number of hydrogen-bond acceptors (Lipinski definition) is 5. The molecule has 2 heterocycles. The first-order valence-corrected chi connectivity index (χ1v) is 9.21. The van der Waals surface area contributed by atoms with Crippen molar-refractivity contribution in [2.24, 2.45) is 0 Å². The van der Waals surface area contributed by atoms with Crippen LogP contribution in [0, 0.1) is 0 Å². The maximum Gasteiger partial charge on any atom is 0.123 e. The van der Waals surface area contributed by atoms with Gasteiger partial charge in [0.15, 0.2) is 0 Å². The molecule has 112 valence electrons. The van der Waals surface area contributed by atoms with Gasteiger partial charge in [-0.05, 0) is 30.9 Å². The summed E-state index contributed by atoms with van der Waals surface area (Å²) in [5.41, 5.74) is 1.21. The highest BCUT2D eigenvalue weighted by atomic mass is 32.2. The second-order valence-corrected chi connectivity index (χ2v) is 7.08. The van der Waals surface area contributed by atoms with Crippen molar-refractivity contribution < 1.29 is 4.74 Å². The van der Waals surface area contributed by atoms with Crippen molar-refractivity contribution >= 4 is 23.1 Å². The second kappa shape index (κ2) is 7.94. The fourth-order valence-corrected chi connectivity index (χ4v) is 3.84. The highest BCUT2D eigenvalue weighted by molar-refractivity contribution is 7.99. The first kappa shape index (κ1) is 15.0. The van der Waals surface area contributed by atoms with E-state index >= 15 is 0 Å². The van der Waals surface area contributed by atoms with Crippen LogP contribution in [0.5, 0.6) is 0 Å². The predicted molar refractivity (Wildman–Crippen MR) is 90.2 cm³/mol. The fourth-order valence-electron chi connectivity index (χ4n) is 2.36. The summed E-state index contributed by atoms with van der Waals surface area (Å²) < 4.78 is 5.37. The molecule has 1 saturated heterocycles. The molecule has 1 aliphatic rings. The largest absolute Gasteiger partial charge is 0.379 e. The van der Waals surface area contributed by atoms with Crippen LogP contribution in [0.25, 0.3) is 10.6 Å². The number of thioether (sulfide) groups is 1. The summed E-state index contributed by atoms with van der Waals surface area (Å²) in [5, 5.41) is 3.11. The molecule has 3 nitrogen and oxygen atoms in total. The number of morpholine rings is 1. The summed E-state index contributed by atoms with van der Waals surface area (Å²) in [5.74, 6) is 1.17. The number of nitrogens with zero attached hydrogens (tertiary/aromatic N) is 2. The summed E-state index contributed by atoms with van der Waals surface area (Å²) >= 11 is 3.63. The summed E-state index contributed by atoms with van der Waals surface area (Å²) in [6.45, 7) is 5.16. The first-order valence-electron chi connectivity index (χ1n) is 7.35. The average molecular weight is 320 g/mol. The number of thiazole rings is 1. The number of ether oxygens (including phenoxy) is 1. The molecule has 0 saturated carbocycles. The van der Waals surface area contributed by atoms with Gasteiger partial charge in [-0.1, -0.05) is 12.1 Å². The molecular weight excluding hydrogens is 300 g/mol. The lowest BCUT2D eigenvalue weighted by Gasteiger charge is -2.26. The third-order valence-corrected chi connectivity index (χ3v) is 5.45. The average Bonchev–Trinajstić information content (AvgIpc) is 3.08. The minimum Gasteiger partial charge on any atom is -0.379 e. The minimum absolute atomic E-state index is 0.894. The third kappa shape index (κ3) is 4.54. The van der Waals surface area contributed by atoms with E-state index in [2.05, 4.69) is 34.1 Å². The maximum atomic E-state index is 5.37. The number of benzene rings is 1. The Kier molecular flexibility index (Phi) is 5.68. The molecular formula is C16H20N2OS2. The highest BCUT2D eigenvalue weighted by Gasteiger charge is 2.09. The Labute approximate surface area is 134 Å². The van der Waals surface area contributed by atoms with E-state index in [0.29, 0.717) is 0 Å². The highest BCUT2D eigenvalue weighted by Crippen LogP contribution is 2.25. The van der Waals surface area contributed by atoms with Gasteiger partial charge in [0, 0.05) is 35.1 Å². The van der Waals surface area contributed by atoms with Crippen LogP contribution in [-0.2, 0) is 4.74 Å². The van der Waals surface area contributed by atoms with E-state index in [4.69, 9.17) is 4.74 Å². The Morgan fingerprint density at radius 3 is 2.71 bits per heavy atom. The topological polar surface area (TPSA) is 25.4 Å². The van der Waals surface area contributed by atoms with Crippen molar-refractivity contribution in [1.29, 1.82) is 0 Å². The summed E-state index contributed by atoms with van der Waals surface area (Å²) in [6, 6.07) is 8.75. The van der Waals surface area contributed by atoms with Crippen LogP contribution in [0.1, 0.15) is 6.42 Å². The minimum atomic E-state index is 0.894. The van der Waals surface area contributed by atoms with Gasteiger partial charge >= 0.3 is 0 Å². The zero-order valence-electron chi connectivity index (χ0n) is 12.0. The molecule has 0 aliphatic carbocycles. The molecule has 1 aromatic heterocycles. The zero-order chi connectivity index (χ0) is 14.3. The van der Waals surface area contributed by atoms with E-state index in [-0.39, 0.29) is 0 Å². The molecule has 0 spiro atoms. The Morgan fingerprint density at radius 1 is 1.19 bits per heavy atom. The third-order valence-electron chi connectivity index (χ3n) is 3.52. The van der Waals surface area contributed by atoms with Crippen molar-refractivity contribution in [3.8, 4) is 10.6 Å². The van der Waals surface area contributed by atoms with Gasteiger partial charge in [0.1, 0.15) is 5.01 Å². The summed E-state index contributed by atoms with van der Waals surface area (Å²) in [4.78, 5) is 8.18. The van der Waals surface area contributed by atoms with Crippen LogP contribution in [-0.4, -0.2) is 48.5 Å². The molecule has 1 fully saturated rings. The van der Waals surface area contributed by atoms with Crippen molar-refractivity contribution in [3.63, 3.8) is 0 Å². The van der Waals surface area contributed by atoms with E-state index in [0.717, 1.165) is 31.3 Å². The quantitative estimate of drug-likeness (QED) is 0.599. The monoisotopic (exact) mass is 320 g/mol. The Hall–Kier alpha value is -0.880. The lowest BCUT2D eigenvalue weighted by Crippen LogP contribution is -2.36. The molecule has 0 radical (unpaired) electrons. The molecule has 3 rings (SSSR count). The molecule has 0 N–H and O–H groups in total. The van der Waals surface area contributed by atoms with E-state index < -0.39 is 0 Å². The van der Waals surface area contributed by atoms with E-state index in [1.807, 2.05) is 23.3 Å². The molecule has 21 heavy (non-hydrogen) atoms. The number of rotatable bonds is 6. The van der Waals surface area contributed by atoms with E-state index in [9.17, 15) is 0 Å². The normalized spacial score (nSPS) is 16.2. The van der Waals surface area contributed by atoms with Gasteiger partial charge in [-0.15, -0.1) is 23.1 Å². The van der Waals surface area contributed by atoms with Crippen LogP contribution in [0.2, 0.25) is 0 Å². The molecule has 1 aliphatic heterocycles. The molecule has 5 heteroatoms. The Morgan fingerprint density at radius 2 is 2.00 bits per heavy atom. The van der Waals surface area contributed by atoms with Crippen LogP contribution in [0.4, 0.5) is 0 Å². The fraction of sp³-hybridized carbons (Fsp3) is 0.438. The van der Waals surface area contributed by atoms with Gasteiger partial charge in [0.25, 0.3) is 0 Å². The maximum absolute atomic E-state index is 5.37. The van der Waals surface area contributed by atoms with Gasteiger partial charge in [-0.25, -0.2) is 4.98 Å². The number of aromatic nitrogens is 1. The predicted octanol–water partition coefficient (Wildman–Crippen LogP) is 3.62. The van der Waals surface area contributed by atoms with Crippen LogP contribution >= 0.6 is 23.1 Å². The van der Waals surface area contributed by atoms with Gasteiger partial charge in [-0.3, -0.25) is 4.90 Å². The zero-order valence-corrected chi connectivity index (χ0v) is 13.7. The first-order chi connectivity index (χ1) is 10.4. The van der Waals surface area contributed by atoms with Gasteiger partial charge in [-0.2, -0.15) is 0 Å². The number of hydrogen-bond donors (Lipinski definition) is 0. The Balaban J connectivity index is 1.41. The van der Waals surface area contributed by atoms with Gasteiger partial charge < -0.3 is 4.74 Å². The SMILES string of the molecule is c1csc(-c2ccc(SCCCN3CCOCC3)cc2)n1. The summed E-state index contributed by atoms with van der Waals surface area (Å²) in [7, 11) is 0. The standard InChI is InChI=1S/C16H20N2OS2/c1(7-18-8-10-19-11-9-18)12-20-15-4-2-14(3-5-15)16-17-6-13-21-16/h2-6,13H,1,7-12H2. The molecule has 0 bridgehead atoms. The lowest BCUT2D eigenvalue weighted by atomic mass is 10.2. The molecule has 2 aromatic rings. The van der Waals surface area contributed by atoms with E-state index in [1.165, 1.54) is 29.2 Å². The van der Waals surface area contributed by atoms with Crippen LogP contribution < -0.4 is 0 Å². The molecule has 0 unspecified atom stereocenters. The molecule has 0 amide bonds. The van der Waals surface area contributed by atoms with Crippen molar-refractivity contribution in [1.82, 2.24) is 9.88 Å². The van der Waals surface area contributed by atoms with Crippen molar-refractivity contribution in [2.45, 2.75) is 11.3 Å². The molecule has 1 aromatic carbocycles. The Bertz CT molecular complexity index is 522. The second-order valence-electron chi connectivity index (χ2n) is 5.02. The van der Waals surface area contributed by atoms with Gasteiger partial charge in [0.2, 0.25) is 0 Å². The van der Waals surface area contributed by atoms with Gasteiger partial charge in [0.05, 0.1) is 13.2 Å².